The van der Waals surface area contributed by atoms with Gasteiger partial charge in [-0.15, -0.1) is 0 Å². The molecule has 0 spiro atoms. The highest BCUT2D eigenvalue weighted by molar-refractivity contribution is 6.25. The zero-order chi connectivity index (χ0) is 20.1. The lowest BCUT2D eigenvalue weighted by Gasteiger charge is -2.10. The second-order valence-corrected chi connectivity index (χ2v) is 6.56. The number of rotatable bonds is 6. The van der Waals surface area contributed by atoms with E-state index in [-0.39, 0.29) is 5.91 Å². The van der Waals surface area contributed by atoms with E-state index in [1.807, 2.05) is 67.1 Å². The summed E-state index contributed by atoms with van der Waals surface area (Å²) in [7, 11) is 0. The van der Waals surface area contributed by atoms with Gasteiger partial charge >= 0.3 is 0 Å². The maximum Gasteiger partial charge on any atom is 0.255 e. The first kappa shape index (κ1) is 19.2. The molecule has 28 heavy (non-hydrogen) atoms. The molecular formula is C23H24N4O. The van der Waals surface area contributed by atoms with Gasteiger partial charge in [-0.3, -0.25) is 9.48 Å². The molecule has 5 nitrogen and oxygen atoms in total. The van der Waals surface area contributed by atoms with Gasteiger partial charge in [0.15, 0.2) is 0 Å². The van der Waals surface area contributed by atoms with Crippen molar-refractivity contribution in [3.63, 3.8) is 0 Å². The average molecular weight is 372 g/mol. The number of aromatic nitrogens is 2. The molecule has 2 aromatic carbocycles. The SMILES string of the molecule is C=C(C(=O)Nc1ccccc1N)c1c(C)nn(C/C=C/c2ccccc2)c1C. The zero-order valence-corrected chi connectivity index (χ0v) is 16.1. The summed E-state index contributed by atoms with van der Waals surface area (Å²) in [6.07, 6.45) is 4.10. The normalized spacial score (nSPS) is 10.9. The van der Waals surface area contributed by atoms with Gasteiger partial charge in [-0.1, -0.05) is 61.2 Å². The molecule has 0 fully saturated rings. The zero-order valence-electron chi connectivity index (χ0n) is 16.1. The molecule has 0 bridgehead atoms. The number of nitrogens with one attached hydrogen (secondary N) is 1. The quantitative estimate of drug-likeness (QED) is 0.496. The van der Waals surface area contributed by atoms with Crippen LogP contribution in [-0.4, -0.2) is 15.7 Å². The molecule has 0 radical (unpaired) electrons. The molecule has 0 atom stereocenters. The van der Waals surface area contributed by atoms with E-state index in [0.717, 1.165) is 22.5 Å². The third-order valence-electron chi connectivity index (χ3n) is 4.55. The van der Waals surface area contributed by atoms with E-state index in [2.05, 4.69) is 23.1 Å². The minimum absolute atomic E-state index is 0.288. The van der Waals surface area contributed by atoms with Crippen molar-refractivity contribution in [1.29, 1.82) is 0 Å². The van der Waals surface area contributed by atoms with Crippen LogP contribution in [0, 0.1) is 13.8 Å². The lowest BCUT2D eigenvalue weighted by Crippen LogP contribution is -2.15. The largest absolute Gasteiger partial charge is 0.397 e. The first-order chi connectivity index (χ1) is 13.5. The standard InChI is InChI=1S/C23H24N4O/c1-16(23(28)25-21-14-8-7-13-20(21)24)22-17(2)26-27(18(22)3)15-9-12-19-10-5-4-6-11-19/h4-14H,1,15,24H2,2-3H3,(H,25,28)/b12-9+. The number of benzene rings is 2. The highest BCUT2D eigenvalue weighted by atomic mass is 16.1. The monoisotopic (exact) mass is 372 g/mol. The Morgan fingerprint density at radius 3 is 2.54 bits per heavy atom. The van der Waals surface area contributed by atoms with E-state index >= 15 is 0 Å². The molecule has 3 rings (SSSR count). The van der Waals surface area contributed by atoms with Crippen molar-refractivity contribution >= 4 is 28.9 Å². The summed E-state index contributed by atoms with van der Waals surface area (Å²) in [6, 6.07) is 17.2. The molecule has 0 aliphatic rings. The van der Waals surface area contributed by atoms with Crippen LogP contribution in [0.4, 0.5) is 11.4 Å². The van der Waals surface area contributed by atoms with Gasteiger partial charge < -0.3 is 11.1 Å². The van der Waals surface area contributed by atoms with Gasteiger partial charge in [0.05, 0.1) is 23.6 Å². The Balaban J connectivity index is 1.75. The fourth-order valence-electron chi connectivity index (χ4n) is 3.09. The van der Waals surface area contributed by atoms with Gasteiger partial charge in [-0.2, -0.15) is 5.10 Å². The molecule has 1 aromatic heterocycles. The third kappa shape index (κ3) is 4.20. The molecule has 1 amide bonds. The van der Waals surface area contributed by atoms with Crippen molar-refractivity contribution in [2.45, 2.75) is 20.4 Å². The summed E-state index contributed by atoms with van der Waals surface area (Å²) in [4.78, 5) is 12.7. The van der Waals surface area contributed by atoms with Crippen molar-refractivity contribution in [3.8, 4) is 0 Å². The molecule has 0 saturated carbocycles. The predicted molar refractivity (Wildman–Crippen MR) is 116 cm³/mol. The fourth-order valence-corrected chi connectivity index (χ4v) is 3.09. The van der Waals surface area contributed by atoms with Crippen LogP contribution in [-0.2, 0) is 11.3 Å². The molecule has 3 N–H and O–H groups in total. The van der Waals surface area contributed by atoms with Gasteiger partial charge in [0.25, 0.3) is 5.91 Å². The number of hydrogen-bond donors (Lipinski definition) is 2. The Morgan fingerprint density at radius 1 is 1.14 bits per heavy atom. The number of nitrogens with zero attached hydrogens (tertiary/aromatic N) is 2. The summed E-state index contributed by atoms with van der Waals surface area (Å²) in [6.45, 7) is 8.43. The van der Waals surface area contributed by atoms with Gasteiger partial charge in [-0.05, 0) is 31.5 Å². The second-order valence-electron chi connectivity index (χ2n) is 6.56. The summed E-state index contributed by atoms with van der Waals surface area (Å²) in [5.74, 6) is -0.288. The topological polar surface area (TPSA) is 72.9 Å². The number of para-hydroxylation sites is 2. The molecule has 0 saturated heterocycles. The van der Waals surface area contributed by atoms with Crippen LogP contribution in [0.5, 0.6) is 0 Å². The van der Waals surface area contributed by atoms with Gasteiger partial charge in [-0.25, -0.2) is 0 Å². The number of allylic oxidation sites excluding steroid dienone is 1. The molecule has 0 aliphatic heterocycles. The van der Waals surface area contributed by atoms with E-state index in [9.17, 15) is 4.79 Å². The van der Waals surface area contributed by atoms with Crippen LogP contribution < -0.4 is 11.1 Å². The van der Waals surface area contributed by atoms with Crippen LogP contribution in [0.25, 0.3) is 11.6 Å². The maximum atomic E-state index is 12.7. The number of aryl methyl sites for hydroxylation is 1. The summed E-state index contributed by atoms with van der Waals surface area (Å²) in [5.41, 5.74) is 10.9. The fraction of sp³-hybridized carbons (Fsp3) is 0.130. The summed E-state index contributed by atoms with van der Waals surface area (Å²) < 4.78 is 1.87. The van der Waals surface area contributed by atoms with E-state index in [1.54, 1.807) is 12.1 Å². The van der Waals surface area contributed by atoms with Crippen molar-refractivity contribution in [1.82, 2.24) is 9.78 Å². The number of carbonyl (C=O) groups excluding carboxylic acids is 1. The van der Waals surface area contributed by atoms with E-state index in [1.165, 1.54) is 0 Å². The lowest BCUT2D eigenvalue weighted by atomic mass is 10.0. The minimum Gasteiger partial charge on any atom is -0.397 e. The van der Waals surface area contributed by atoms with Gasteiger partial charge in [0.2, 0.25) is 0 Å². The molecule has 3 aromatic rings. The summed E-state index contributed by atoms with van der Waals surface area (Å²) >= 11 is 0. The second kappa shape index (κ2) is 8.39. The van der Waals surface area contributed by atoms with Crippen molar-refractivity contribution in [2.24, 2.45) is 0 Å². The number of nitrogen functional groups attached to an aromatic ring is 1. The number of amides is 1. The first-order valence-corrected chi connectivity index (χ1v) is 9.08. The van der Waals surface area contributed by atoms with Gasteiger partial charge in [0, 0.05) is 16.8 Å². The van der Waals surface area contributed by atoms with E-state index in [4.69, 9.17) is 5.73 Å². The molecule has 1 heterocycles. The van der Waals surface area contributed by atoms with Crippen LogP contribution in [0.2, 0.25) is 0 Å². The number of hydrogen-bond acceptors (Lipinski definition) is 3. The lowest BCUT2D eigenvalue weighted by molar-refractivity contribution is -0.111. The average Bonchev–Trinajstić information content (AvgIpc) is 2.97. The Bertz CT molecular complexity index is 1030. The van der Waals surface area contributed by atoms with Crippen molar-refractivity contribution in [2.75, 3.05) is 11.1 Å². The van der Waals surface area contributed by atoms with E-state index < -0.39 is 0 Å². The van der Waals surface area contributed by atoms with Gasteiger partial charge in [0.1, 0.15) is 0 Å². The van der Waals surface area contributed by atoms with Crippen molar-refractivity contribution in [3.05, 3.63) is 89.8 Å². The Labute approximate surface area is 165 Å². The number of carbonyl (C=O) groups is 1. The number of nitrogens with two attached hydrogens (primary N) is 1. The molecular weight excluding hydrogens is 348 g/mol. The first-order valence-electron chi connectivity index (χ1n) is 9.08. The predicted octanol–water partition coefficient (Wildman–Crippen LogP) is 4.45. The summed E-state index contributed by atoms with van der Waals surface area (Å²) in [5, 5.41) is 7.39. The minimum atomic E-state index is -0.288. The molecule has 5 heteroatoms. The Hall–Kier alpha value is -3.60. The maximum absolute atomic E-state index is 12.7. The third-order valence-corrected chi connectivity index (χ3v) is 4.55. The highest BCUT2D eigenvalue weighted by Gasteiger charge is 2.19. The Morgan fingerprint density at radius 2 is 1.82 bits per heavy atom. The van der Waals surface area contributed by atoms with Crippen LogP contribution >= 0.6 is 0 Å². The van der Waals surface area contributed by atoms with Crippen LogP contribution in [0.3, 0.4) is 0 Å². The smallest absolute Gasteiger partial charge is 0.255 e. The van der Waals surface area contributed by atoms with E-state index in [0.29, 0.717) is 23.5 Å². The van der Waals surface area contributed by atoms with Crippen LogP contribution in [0.15, 0.2) is 67.3 Å². The number of anilines is 2. The van der Waals surface area contributed by atoms with Crippen molar-refractivity contribution < 1.29 is 4.79 Å². The molecule has 142 valence electrons. The molecule has 0 aliphatic carbocycles. The highest BCUT2D eigenvalue weighted by Crippen LogP contribution is 2.24. The van der Waals surface area contributed by atoms with Crippen LogP contribution in [0.1, 0.15) is 22.5 Å². The molecule has 0 unspecified atom stereocenters. The Kier molecular flexibility index (Phi) is 5.75.